The van der Waals surface area contributed by atoms with E-state index in [1.807, 2.05) is 0 Å². The summed E-state index contributed by atoms with van der Waals surface area (Å²) in [5.41, 5.74) is 0.106. The van der Waals surface area contributed by atoms with Crippen LogP contribution in [0, 0.1) is 17.7 Å². The van der Waals surface area contributed by atoms with E-state index in [0.717, 1.165) is 19.3 Å². The summed E-state index contributed by atoms with van der Waals surface area (Å²) in [6, 6.07) is 4.74. The van der Waals surface area contributed by atoms with E-state index in [0.29, 0.717) is 16.3 Å². The zero-order chi connectivity index (χ0) is 14.0. The first-order valence-electron chi connectivity index (χ1n) is 6.79. The van der Waals surface area contributed by atoms with Gasteiger partial charge in [-0.05, 0) is 52.7 Å². The van der Waals surface area contributed by atoms with Crippen LogP contribution in [0.4, 0.5) is 4.39 Å². The quantitative estimate of drug-likeness (QED) is 0.888. The van der Waals surface area contributed by atoms with Crippen molar-refractivity contribution in [1.29, 1.82) is 0 Å². The highest BCUT2D eigenvalue weighted by Crippen LogP contribution is 2.34. The molecule has 1 N–H and O–H groups in total. The van der Waals surface area contributed by atoms with Gasteiger partial charge in [0.25, 0.3) is 5.91 Å². The van der Waals surface area contributed by atoms with E-state index in [-0.39, 0.29) is 17.5 Å². The van der Waals surface area contributed by atoms with Gasteiger partial charge in [-0.25, -0.2) is 4.39 Å². The van der Waals surface area contributed by atoms with Gasteiger partial charge in [0.15, 0.2) is 0 Å². The molecule has 2 rings (SSSR count). The maximum Gasteiger partial charge on any atom is 0.255 e. The Hall–Kier alpha value is -0.900. The maximum absolute atomic E-state index is 13.7. The van der Waals surface area contributed by atoms with E-state index in [4.69, 9.17) is 0 Å². The Morgan fingerprint density at radius 2 is 2.21 bits per heavy atom. The molecule has 1 fully saturated rings. The average molecular weight is 328 g/mol. The minimum absolute atomic E-state index is 0.106. The molecule has 0 saturated heterocycles. The van der Waals surface area contributed by atoms with Crippen molar-refractivity contribution in [2.75, 3.05) is 0 Å². The molecule has 0 radical (unpaired) electrons. The summed E-state index contributed by atoms with van der Waals surface area (Å²) in [4.78, 5) is 12.2. The molecule has 1 aliphatic rings. The van der Waals surface area contributed by atoms with Crippen LogP contribution in [-0.2, 0) is 0 Å². The zero-order valence-electron chi connectivity index (χ0n) is 11.2. The summed E-state index contributed by atoms with van der Waals surface area (Å²) >= 11 is 3.24. The monoisotopic (exact) mass is 327 g/mol. The standard InChI is InChI=1S/C15H19BrFNO/c1-3-10-7-8-13(9(10)2)18-15(19)14-11(16)5-4-6-12(14)17/h4-6,9-10,13H,3,7-8H2,1-2H3,(H,18,19). The molecule has 0 aliphatic heterocycles. The third kappa shape index (κ3) is 2.99. The number of hydrogen-bond acceptors (Lipinski definition) is 1. The summed E-state index contributed by atoms with van der Waals surface area (Å²) in [7, 11) is 0. The van der Waals surface area contributed by atoms with Crippen molar-refractivity contribution in [2.45, 2.75) is 39.2 Å². The molecule has 0 spiro atoms. The van der Waals surface area contributed by atoms with Crippen molar-refractivity contribution in [3.63, 3.8) is 0 Å². The third-order valence-corrected chi connectivity index (χ3v) is 4.92. The molecule has 0 aromatic heterocycles. The molecular formula is C15H19BrFNO. The van der Waals surface area contributed by atoms with Crippen LogP contribution in [-0.4, -0.2) is 11.9 Å². The Bertz CT molecular complexity index is 457. The second-order valence-electron chi connectivity index (χ2n) is 5.28. The molecule has 19 heavy (non-hydrogen) atoms. The van der Waals surface area contributed by atoms with Gasteiger partial charge in [0.2, 0.25) is 0 Å². The van der Waals surface area contributed by atoms with Crippen LogP contribution < -0.4 is 5.32 Å². The largest absolute Gasteiger partial charge is 0.349 e. The number of rotatable bonds is 3. The fourth-order valence-corrected chi connectivity index (χ4v) is 3.50. The van der Waals surface area contributed by atoms with Crippen molar-refractivity contribution in [2.24, 2.45) is 11.8 Å². The van der Waals surface area contributed by atoms with Gasteiger partial charge in [-0.2, -0.15) is 0 Å². The van der Waals surface area contributed by atoms with Crippen LogP contribution >= 0.6 is 15.9 Å². The Morgan fingerprint density at radius 1 is 1.47 bits per heavy atom. The Labute approximate surface area is 121 Å². The number of benzene rings is 1. The Kier molecular flexibility index (Phi) is 4.61. The van der Waals surface area contributed by atoms with Crippen molar-refractivity contribution in [3.8, 4) is 0 Å². The van der Waals surface area contributed by atoms with E-state index in [2.05, 4.69) is 35.1 Å². The predicted octanol–water partition coefficient (Wildman–Crippen LogP) is 4.14. The van der Waals surface area contributed by atoms with Gasteiger partial charge in [-0.1, -0.05) is 26.3 Å². The number of hydrogen-bond donors (Lipinski definition) is 1. The SMILES string of the molecule is CCC1CCC(NC(=O)c2c(F)cccc2Br)C1C. The minimum Gasteiger partial charge on any atom is -0.349 e. The summed E-state index contributed by atoms with van der Waals surface area (Å²) in [5, 5.41) is 2.98. The first kappa shape index (κ1) is 14.5. The summed E-state index contributed by atoms with van der Waals surface area (Å²) < 4.78 is 14.2. The van der Waals surface area contributed by atoms with Gasteiger partial charge in [0, 0.05) is 10.5 Å². The zero-order valence-corrected chi connectivity index (χ0v) is 12.8. The van der Waals surface area contributed by atoms with Gasteiger partial charge in [0.05, 0.1) is 5.56 Å². The highest BCUT2D eigenvalue weighted by Gasteiger charge is 2.33. The topological polar surface area (TPSA) is 29.1 Å². The number of halogens is 2. The van der Waals surface area contributed by atoms with E-state index >= 15 is 0 Å². The molecule has 0 heterocycles. The fraction of sp³-hybridized carbons (Fsp3) is 0.533. The number of carbonyl (C=O) groups excluding carboxylic acids is 1. The number of nitrogens with one attached hydrogen (secondary N) is 1. The second-order valence-corrected chi connectivity index (χ2v) is 6.14. The first-order chi connectivity index (χ1) is 9.04. The molecule has 4 heteroatoms. The maximum atomic E-state index is 13.7. The van der Waals surface area contributed by atoms with E-state index in [1.54, 1.807) is 12.1 Å². The lowest BCUT2D eigenvalue weighted by Crippen LogP contribution is -2.38. The van der Waals surface area contributed by atoms with E-state index in [1.165, 1.54) is 6.07 Å². The third-order valence-electron chi connectivity index (χ3n) is 4.26. The molecule has 104 valence electrons. The van der Waals surface area contributed by atoms with Crippen LogP contribution in [0.3, 0.4) is 0 Å². The average Bonchev–Trinajstić information content (AvgIpc) is 2.70. The lowest BCUT2D eigenvalue weighted by Gasteiger charge is -2.21. The molecular weight excluding hydrogens is 309 g/mol. The molecule has 0 bridgehead atoms. The number of carbonyl (C=O) groups is 1. The lowest BCUT2D eigenvalue weighted by atomic mass is 9.93. The van der Waals surface area contributed by atoms with E-state index < -0.39 is 5.82 Å². The lowest BCUT2D eigenvalue weighted by molar-refractivity contribution is 0.0921. The molecule has 1 aromatic rings. The summed E-state index contributed by atoms with van der Waals surface area (Å²) in [6.07, 6.45) is 3.26. The first-order valence-corrected chi connectivity index (χ1v) is 7.58. The second kappa shape index (κ2) is 6.04. The smallest absolute Gasteiger partial charge is 0.255 e. The molecule has 3 atom stereocenters. The molecule has 1 aromatic carbocycles. The fourth-order valence-electron chi connectivity index (χ4n) is 2.98. The van der Waals surface area contributed by atoms with Gasteiger partial charge in [-0.3, -0.25) is 4.79 Å². The minimum atomic E-state index is -0.482. The molecule has 1 saturated carbocycles. The normalized spacial score (nSPS) is 26.4. The van der Waals surface area contributed by atoms with Gasteiger partial charge in [0.1, 0.15) is 5.82 Å². The highest BCUT2D eigenvalue weighted by atomic mass is 79.9. The van der Waals surface area contributed by atoms with Gasteiger partial charge >= 0.3 is 0 Å². The van der Waals surface area contributed by atoms with Gasteiger partial charge in [-0.15, -0.1) is 0 Å². The van der Waals surface area contributed by atoms with Crippen molar-refractivity contribution in [1.82, 2.24) is 5.32 Å². The van der Waals surface area contributed by atoms with Crippen molar-refractivity contribution < 1.29 is 9.18 Å². The summed E-state index contributed by atoms with van der Waals surface area (Å²) in [6.45, 7) is 4.35. The highest BCUT2D eigenvalue weighted by molar-refractivity contribution is 9.10. The van der Waals surface area contributed by atoms with Crippen LogP contribution in [0.25, 0.3) is 0 Å². The van der Waals surface area contributed by atoms with Gasteiger partial charge < -0.3 is 5.32 Å². The van der Waals surface area contributed by atoms with E-state index in [9.17, 15) is 9.18 Å². The number of amides is 1. The van der Waals surface area contributed by atoms with Crippen LogP contribution in [0.5, 0.6) is 0 Å². The van der Waals surface area contributed by atoms with Crippen LogP contribution in [0.1, 0.15) is 43.5 Å². The van der Waals surface area contributed by atoms with Crippen LogP contribution in [0.2, 0.25) is 0 Å². The molecule has 2 nitrogen and oxygen atoms in total. The molecule has 3 unspecified atom stereocenters. The Morgan fingerprint density at radius 3 is 2.79 bits per heavy atom. The molecule has 1 aliphatic carbocycles. The van der Waals surface area contributed by atoms with Crippen molar-refractivity contribution >= 4 is 21.8 Å². The van der Waals surface area contributed by atoms with Crippen molar-refractivity contribution in [3.05, 3.63) is 34.1 Å². The predicted molar refractivity (Wildman–Crippen MR) is 77.5 cm³/mol. The Balaban J connectivity index is 2.10. The van der Waals surface area contributed by atoms with Crippen LogP contribution in [0.15, 0.2) is 22.7 Å². The summed E-state index contributed by atoms with van der Waals surface area (Å²) in [5.74, 6) is 0.317. The molecule has 1 amide bonds.